The number of carbonyl (C=O) groups excluding carboxylic acids is 1. The number of carbonyl (C=O) groups is 1. The van der Waals surface area contributed by atoms with Gasteiger partial charge in [-0.25, -0.2) is 4.79 Å². The van der Waals surface area contributed by atoms with Gasteiger partial charge in [-0.2, -0.15) is 0 Å². The number of primary amides is 1. The SMILES string of the molecule is CCC(C)C(C)NC(C)c1ccc(NC(N)=O)cc1. The first kappa shape index (κ1) is 15.5. The molecule has 0 radical (unpaired) electrons. The van der Waals surface area contributed by atoms with Crippen molar-refractivity contribution in [1.29, 1.82) is 0 Å². The fraction of sp³-hybridized carbons (Fsp3) is 0.533. The van der Waals surface area contributed by atoms with Crippen molar-refractivity contribution in [3.05, 3.63) is 29.8 Å². The Morgan fingerprint density at radius 3 is 2.26 bits per heavy atom. The zero-order valence-corrected chi connectivity index (χ0v) is 12.2. The first-order chi connectivity index (χ1) is 8.93. The molecule has 2 amide bonds. The molecular weight excluding hydrogens is 238 g/mol. The number of hydrogen-bond donors (Lipinski definition) is 3. The number of amides is 2. The topological polar surface area (TPSA) is 67.2 Å². The molecule has 1 rings (SSSR count). The normalized spacial score (nSPS) is 15.6. The van der Waals surface area contributed by atoms with E-state index < -0.39 is 6.03 Å². The molecule has 1 aromatic rings. The lowest BCUT2D eigenvalue weighted by Crippen LogP contribution is -2.33. The van der Waals surface area contributed by atoms with Crippen LogP contribution >= 0.6 is 0 Å². The number of nitrogens with two attached hydrogens (primary N) is 1. The second kappa shape index (κ2) is 7.14. The van der Waals surface area contributed by atoms with Crippen LogP contribution in [0.2, 0.25) is 0 Å². The molecule has 4 nitrogen and oxygen atoms in total. The molecule has 0 heterocycles. The van der Waals surface area contributed by atoms with Crippen molar-refractivity contribution in [2.24, 2.45) is 11.7 Å². The molecule has 1 aromatic carbocycles. The molecule has 0 aliphatic carbocycles. The van der Waals surface area contributed by atoms with Gasteiger partial charge in [0.25, 0.3) is 0 Å². The summed E-state index contributed by atoms with van der Waals surface area (Å²) < 4.78 is 0. The first-order valence-electron chi connectivity index (χ1n) is 6.86. The maximum atomic E-state index is 10.7. The Bertz CT molecular complexity index is 402. The molecule has 19 heavy (non-hydrogen) atoms. The van der Waals surface area contributed by atoms with E-state index in [4.69, 9.17) is 5.73 Å². The molecule has 106 valence electrons. The number of hydrogen-bond acceptors (Lipinski definition) is 2. The highest BCUT2D eigenvalue weighted by Gasteiger charge is 2.13. The fourth-order valence-electron chi connectivity index (χ4n) is 2.01. The maximum absolute atomic E-state index is 10.7. The molecular formula is C15H25N3O. The Hall–Kier alpha value is -1.55. The Morgan fingerprint density at radius 1 is 1.21 bits per heavy atom. The van der Waals surface area contributed by atoms with Gasteiger partial charge in [0.1, 0.15) is 0 Å². The Labute approximate surface area is 115 Å². The van der Waals surface area contributed by atoms with Crippen molar-refractivity contribution in [2.75, 3.05) is 5.32 Å². The summed E-state index contributed by atoms with van der Waals surface area (Å²) >= 11 is 0. The van der Waals surface area contributed by atoms with E-state index in [9.17, 15) is 4.79 Å². The standard InChI is InChI=1S/C15H25N3O/c1-5-10(2)11(3)17-12(4)13-6-8-14(9-7-13)18-15(16)19/h6-12,17H,5H2,1-4H3,(H3,16,18,19). The van der Waals surface area contributed by atoms with E-state index in [1.807, 2.05) is 24.3 Å². The van der Waals surface area contributed by atoms with E-state index in [0.717, 1.165) is 5.69 Å². The number of benzene rings is 1. The molecule has 0 saturated heterocycles. The molecule has 0 saturated carbocycles. The molecule has 0 fully saturated rings. The van der Waals surface area contributed by atoms with Crippen LogP contribution in [0.15, 0.2) is 24.3 Å². The van der Waals surface area contributed by atoms with Crippen molar-refractivity contribution in [3.8, 4) is 0 Å². The lowest BCUT2D eigenvalue weighted by atomic mass is 9.98. The van der Waals surface area contributed by atoms with Crippen molar-refractivity contribution in [1.82, 2.24) is 5.32 Å². The van der Waals surface area contributed by atoms with Gasteiger partial charge < -0.3 is 16.4 Å². The van der Waals surface area contributed by atoms with Crippen LogP contribution < -0.4 is 16.4 Å². The van der Waals surface area contributed by atoms with E-state index in [1.165, 1.54) is 12.0 Å². The van der Waals surface area contributed by atoms with E-state index in [-0.39, 0.29) is 6.04 Å². The van der Waals surface area contributed by atoms with Gasteiger partial charge in [-0.15, -0.1) is 0 Å². The van der Waals surface area contributed by atoms with Gasteiger partial charge >= 0.3 is 6.03 Å². The summed E-state index contributed by atoms with van der Waals surface area (Å²) in [5.74, 6) is 0.651. The van der Waals surface area contributed by atoms with Crippen LogP contribution in [0.25, 0.3) is 0 Å². The average molecular weight is 263 g/mol. The predicted molar refractivity (Wildman–Crippen MR) is 80.1 cm³/mol. The zero-order valence-electron chi connectivity index (χ0n) is 12.2. The average Bonchev–Trinajstić information content (AvgIpc) is 2.37. The van der Waals surface area contributed by atoms with Gasteiger partial charge in [0.05, 0.1) is 0 Å². The Morgan fingerprint density at radius 2 is 1.79 bits per heavy atom. The summed E-state index contributed by atoms with van der Waals surface area (Å²) in [5.41, 5.74) is 6.99. The van der Waals surface area contributed by atoms with Crippen LogP contribution in [0, 0.1) is 5.92 Å². The van der Waals surface area contributed by atoms with Crippen LogP contribution in [0.5, 0.6) is 0 Å². The molecule has 0 bridgehead atoms. The van der Waals surface area contributed by atoms with Gasteiger partial charge in [-0.1, -0.05) is 32.4 Å². The molecule has 0 aromatic heterocycles. The third kappa shape index (κ3) is 4.91. The lowest BCUT2D eigenvalue weighted by molar-refractivity contribution is 0.259. The highest BCUT2D eigenvalue weighted by molar-refractivity contribution is 5.87. The molecule has 3 atom stereocenters. The van der Waals surface area contributed by atoms with Crippen LogP contribution in [0.4, 0.5) is 10.5 Å². The van der Waals surface area contributed by atoms with Crippen LogP contribution in [-0.4, -0.2) is 12.1 Å². The van der Waals surface area contributed by atoms with E-state index >= 15 is 0 Å². The summed E-state index contributed by atoms with van der Waals surface area (Å²) in [4.78, 5) is 10.7. The zero-order chi connectivity index (χ0) is 14.4. The van der Waals surface area contributed by atoms with Crippen molar-refractivity contribution < 1.29 is 4.79 Å². The first-order valence-corrected chi connectivity index (χ1v) is 6.86. The van der Waals surface area contributed by atoms with Gasteiger partial charge in [0, 0.05) is 17.8 Å². The Balaban J connectivity index is 2.62. The number of anilines is 1. The van der Waals surface area contributed by atoms with E-state index in [1.54, 1.807) is 0 Å². The van der Waals surface area contributed by atoms with E-state index in [2.05, 4.69) is 38.3 Å². The molecule has 0 aliphatic rings. The summed E-state index contributed by atoms with van der Waals surface area (Å²) in [5, 5.41) is 6.15. The number of urea groups is 1. The molecule has 3 unspecified atom stereocenters. The maximum Gasteiger partial charge on any atom is 0.316 e. The quantitative estimate of drug-likeness (QED) is 0.737. The second-order valence-corrected chi connectivity index (χ2v) is 5.17. The number of nitrogens with one attached hydrogen (secondary N) is 2. The van der Waals surface area contributed by atoms with Crippen molar-refractivity contribution in [2.45, 2.75) is 46.2 Å². The molecule has 0 aliphatic heterocycles. The minimum Gasteiger partial charge on any atom is -0.351 e. The summed E-state index contributed by atoms with van der Waals surface area (Å²) in [7, 11) is 0. The highest BCUT2D eigenvalue weighted by Crippen LogP contribution is 2.18. The third-order valence-corrected chi connectivity index (χ3v) is 3.69. The van der Waals surface area contributed by atoms with E-state index in [0.29, 0.717) is 12.0 Å². The van der Waals surface area contributed by atoms with Crippen molar-refractivity contribution >= 4 is 11.7 Å². The Kier molecular flexibility index (Phi) is 5.83. The smallest absolute Gasteiger partial charge is 0.316 e. The molecule has 4 N–H and O–H groups in total. The van der Waals surface area contributed by atoms with Gasteiger partial charge in [-0.3, -0.25) is 0 Å². The molecule has 0 spiro atoms. The second-order valence-electron chi connectivity index (χ2n) is 5.17. The number of rotatable bonds is 6. The fourth-order valence-corrected chi connectivity index (χ4v) is 2.01. The minimum atomic E-state index is -0.538. The molecule has 4 heteroatoms. The summed E-state index contributed by atoms with van der Waals surface area (Å²) in [6.45, 7) is 8.82. The van der Waals surface area contributed by atoms with Crippen LogP contribution in [0.3, 0.4) is 0 Å². The third-order valence-electron chi connectivity index (χ3n) is 3.69. The van der Waals surface area contributed by atoms with Crippen LogP contribution in [0.1, 0.15) is 45.7 Å². The van der Waals surface area contributed by atoms with Gasteiger partial charge in [-0.05, 0) is 37.5 Å². The predicted octanol–water partition coefficient (Wildman–Crippen LogP) is 3.26. The van der Waals surface area contributed by atoms with Gasteiger partial charge in [0.2, 0.25) is 0 Å². The summed E-state index contributed by atoms with van der Waals surface area (Å²) in [6.07, 6.45) is 1.17. The van der Waals surface area contributed by atoms with Crippen LogP contribution in [-0.2, 0) is 0 Å². The largest absolute Gasteiger partial charge is 0.351 e. The monoisotopic (exact) mass is 263 g/mol. The lowest BCUT2D eigenvalue weighted by Gasteiger charge is -2.25. The highest BCUT2D eigenvalue weighted by atomic mass is 16.2. The minimum absolute atomic E-state index is 0.284. The van der Waals surface area contributed by atoms with Gasteiger partial charge in [0.15, 0.2) is 0 Å². The van der Waals surface area contributed by atoms with Crippen molar-refractivity contribution in [3.63, 3.8) is 0 Å². The summed E-state index contributed by atoms with van der Waals surface area (Å²) in [6, 6.07) is 7.97.